The first kappa shape index (κ1) is 11.8. The topological polar surface area (TPSA) is 38.7 Å². The Labute approximate surface area is 88.4 Å². The summed E-state index contributed by atoms with van der Waals surface area (Å²) in [4.78, 5) is 0. The fraction of sp³-hybridized carbons (Fsp3) is 0.455. The average Bonchev–Trinajstić information content (AvgIpc) is 2.27. The van der Waals surface area contributed by atoms with Gasteiger partial charge in [0.05, 0.1) is 14.2 Å². The molecule has 0 amide bonds. The van der Waals surface area contributed by atoms with E-state index in [-0.39, 0.29) is 24.0 Å². The van der Waals surface area contributed by atoms with Crippen LogP contribution in [0.3, 0.4) is 0 Å². The Bertz CT molecular complexity index is 339. The molecule has 1 aromatic carbocycles. The van der Waals surface area contributed by atoms with Crippen molar-refractivity contribution in [2.75, 3.05) is 20.8 Å². The molecule has 1 atom stereocenters. The lowest BCUT2D eigenvalue weighted by Gasteiger charge is -2.15. The molecular formula is C11H15FO3. The average molecular weight is 214 g/mol. The fourth-order valence-corrected chi connectivity index (χ4v) is 1.40. The number of rotatable bonds is 4. The Morgan fingerprint density at radius 2 is 2.00 bits per heavy atom. The molecule has 0 aromatic heterocycles. The van der Waals surface area contributed by atoms with Crippen LogP contribution in [0.15, 0.2) is 12.1 Å². The van der Waals surface area contributed by atoms with Gasteiger partial charge in [0.2, 0.25) is 5.82 Å². The van der Waals surface area contributed by atoms with Crippen molar-refractivity contribution in [1.82, 2.24) is 0 Å². The van der Waals surface area contributed by atoms with Crippen LogP contribution in [0.1, 0.15) is 18.4 Å². The number of benzene rings is 1. The summed E-state index contributed by atoms with van der Waals surface area (Å²) in [7, 11) is 2.79. The maximum Gasteiger partial charge on any atom is 0.207 e. The van der Waals surface area contributed by atoms with Crippen LogP contribution in [-0.4, -0.2) is 25.9 Å². The third-order valence-corrected chi connectivity index (χ3v) is 2.32. The molecule has 4 heteroatoms. The zero-order chi connectivity index (χ0) is 11.4. The third-order valence-electron chi connectivity index (χ3n) is 2.32. The van der Waals surface area contributed by atoms with Crippen molar-refractivity contribution in [3.05, 3.63) is 23.5 Å². The number of methoxy groups -OCH3 is 2. The minimum absolute atomic E-state index is 0.0534. The standard InChI is InChI=1S/C11H15FO3/c1-7(6-13)8-4-5-9(14-2)10(12)11(8)15-3/h4-5,7,13H,6H2,1-3H3. The molecule has 0 heterocycles. The lowest BCUT2D eigenvalue weighted by molar-refractivity contribution is 0.267. The van der Waals surface area contributed by atoms with E-state index in [4.69, 9.17) is 14.6 Å². The smallest absolute Gasteiger partial charge is 0.207 e. The SMILES string of the molecule is COc1ccc(C(C)CO)c(OC)c1F. The van der Waals surface area contributed by atoms with Gasteiger partial charge < -0.3 is 14.6 Å². The van der Waals surface area contributed by atoms with Gasteiger partial charge in [-0.1, -0.05) is 13.0 Å². The molecule has 0 aliphatic heterocycles. The van der Waals surface area contributed by atoms with Gasteiger partial charge >= 0.3 is 0 Å². The summed E-state index contributed by atoms with van der Waals surface area (Å²) in [5, 5.41) is 9.02. The molecule has 1 unspecified atom stereocenters. The van der Waals surface area contributed by atoms with Gasteiger partial charge in [-0.25, -0.2) is 0 Å². The molecule has 0 aliphatic rings. The summed E-state index contributed by atoms with van der Waals surface area (Å²) in [6, 6.07) is 3.22. The Balaban J connectivity index is 3.24. The van der Waals surface area contributed by atoms with Crippen LogP contribution in [0.25, 0.3) is 0 Å². The molecule has 0 spiro atoms. The van der Waals surface area contributed by atoms with Crippen LogP contribution < -0.4 is 9.47 Å². The Hall–Kier alpha value is -1.29. The van der Waals surface area contributed by atoms with E-state index >= 15 is 0 Å². The second-order valence-corrected chi connectivity index (χ2v) is 3.29. The molecule has 0 saturated heterocycles. The highest BCUT2D eigenvalue weighted by molar-refractivity contribution is 5.44. The number of hydrogen-bond acceptors (Lipinski definition) is 3. The zero-order valence-electron chi connectivity index (χ0n) is 9.08. The Morgan fingerprint density at radius 1 is 1.33 bits per heavy atom. The van der Waals surface area contributed by atoms with E-state index in [0.717, 1.165) is 0 Å². The first-order chi connectivity index (χ1) is 7.15. The summed E-state index contributed by atoms with van der Waals surface area (Å²) in [5.41, 5.74) is 0.637. The Morgan fingerprint density at radius 3 is 2.47 bits per heavy atom. The van der Waals surface area contributed by atoms with Crippen molar-refractivity contribution in [3.63, 3.8) is 0 Å². The van der Waals surface area contributed by atoms with Gasteiger partial charge in [0.25, 0.3) is 0 Å². The number of aliphatic hydroxyl groups excluding tert-OH is 1. The predicted octanol–water partition coefficient (Wildman–Crippen LogP) is 1.94. The molecule has 3 nitrogen and oxygen atoms in total. The normalized spacial score (nSPS) is 12.3. The van der Waals surface area contributed by atoms with Crippen LogP contribution >= 0.6 is 0 Å². The molecule has 0 fully saturated rings. The monoisotopic (exact) mass is 214 g/mol. The minimum atomic E-state index is -0.530. The van der Waals surface area contributed by atoms with Crippen LogP contribution in [0, 0.1) is 5.82 Å². The molecule has 84 valence electrons. The summed E-state index contributed by atoms with van der Waals surface area (Å²) in [6.45, 7) is 1.74. The molecule has 15 heavy (non-hydrogen) atoms. The summed E-state index contributed by atoms with van der Waals surface area (Å²) >= 11 is 0. The first-order valence-electron chi connectivity index (χ1n) is 4.66. The summed E-state index contributed by atoms with van der Waals surface area (Å²) < 4.78 is 23.5. The lowest BCUT2D eigenvalue weighted by atomic mass is 10.0. The van der Waals surface area contributed by atoms with Crippen molar-refractivity contribution >= 4 is 0 Å². The van der Waals surface area contributed by atoms with Crippen LogP contribution in [0.5, 0.6) is 11.5 Å². The second kappa shape index (κ2) is 4.98. The van der Waals surface area contributed by atoms with Crippen molar-refractivity contribution in [2.45, 2.75) is 12.8 Å². The van der Waals surface area contributed by atoms with Gasteiger partial charge in [0.15, 0.2) is 11.5 Å². The highest BCUT2D eigenvalue weighted by Crippen LogP contribution is 2.34. The Kier molecular flexibility index (Phi) is 3.91. The summed E-state index contributed by atoms with van der Waals surface area (Å²) in [6.07, 6.45) is 0. The van der Waals surface area contributed by atoms with Gasteiger partial charge in [0, 0.05) is 18.1 Å². The highest BCUT2D eigenvalue weighted by Gasteiger charge is 2.18. The number of hydrogen-bond donors (Lipinski definition) is 1. The van der Waals surface area contributed by atoms with Crippen molar-refractivity contribution in [3.8, 4) is 11.5 Å². The van der Waals surface area contributed by atoms with Crippen molar-refractivity contribution < 1.29 is 19.0 Å². The largest absolute Gasteiger partial charge is 0.494 e. The quantitative estimate of drug-likeness (QED) is 0.832. The van der Waals surface area contributed by atoms with Gasteiger partial charge in [-0.05, 0) is 6.07 Å². The van der Waals surface area contributed by atoms with Crippen molar-refractivity contribution in [2.24, 2.45) is 0 Å². The second-order valence-electron chi connectivity index (χ2n) is 3.29. The number of aliphatic hydroxyl groups is 1. The van der Waals surface area contributed by atoms with Gasteiger partial charge in [0.1, 0.15) is 0 Å². The van der Waals surface area contributed by atoms with Crippen LogP contribution in [-0.2, 0) is 0 Å². The fourth-order valence-electron chi connectivity index (χ4n) is 1.40. The van der Waals surface area contributed by atoms with Gasteiger partial charge in [-0.15, -0.1) is 0 Å². The van der Waals surface area contributed by atoms with Crippen LogP contribution in [0.2, 0.25) is 0 Å². The first-order valence-corrected chi connectivity index (χ1v) is 4.66. The van der Waals surface area contributed by atoms with Gasteiger partial charge in [-0.2, -0.15) is 4.39 Å². The van der Waals surface area contributed by atoms with E-state index in [1.807, 2.05) is 0 Å². The highest BCUT2D eigenvalue weighted by atomic mass is 19.1. The maximum atomic E-state index is 13.7. The van der Waals surface area contributed by atoms with E-state index in [1.54, 1.807) is 13.0 Å². The van der Waals surface area contributed by atoms with E-state index in [1.165, 1.54) is 20.3 Å². The van der Waals surface area contributed by atoms with E-state index in [2.05, 4.69) is 0 Å². The van der Waals surface area contributed by atoms with Crippen LogP contribution in [0.4, 0.5) is 4.39 Å². The molecule has 1 aromatic rings. The van der Waals surface area contributed by atoms with E-state index in [0.29, 0.717) is 5.56 Å². The third kappa shape index (κ3) is 2.21. The predicted molar refractivity (Wildman–Crippen MR) is 55.0 cm³/mol. The molecule has 0 aliphatic carbocycles. The molecule has 1 rings (SSSR count). The molecule has 0 bridgehead atoms. The molecule has 0 saturated carbocycles. The minimum Gasteiger partial charge on any atom is -0.494 e. The van der Waals surface area contributed by atoms with Crippen molar-refractivity contribution in [1.29, 1.82) is 0 Å². The van der Waals surface area contributed by atoms with Gasteiger partial charge in [-0.3, -0.25) is 0 Å². The maximum absolute atomic E-state index is 13.7. The number of halogens is 1. The molecule has 0 radical (unpaired) electrons. The van der Waals surface area contributed by atoms with E-state index < -0.39 is 5.82 Å². The molecular weight excluding hydrogens is 199 g/mol. The summed E-state index contributed by atoms with van der Waals surface area (Å²) in [5.74, 6) is -0.421. The molecule has 1 N–H and O–H groups in total. The zero-order valence-corrected chi connectivity index (χ0v) is 9.08. The van der Waals surface area contributed by atoms with E-state index in [9.17, 15) is 4.39 Å². The lowest BCUT2D eigenvalue weighted by Crippen LogP contribution is -2.04. The number of ether oxygens (including phenoxy) is 2.